The van der Waals surface area contributed by atoms with Crippen LogP contribution in [0, 0.1) is 0 Å². The average molecular weight is 740 g/mol. The van der Waals surface area contributed by atoms with E-state index in [-0.39, 0.29) is 33.5 Å². The summed E-state index contributed by atoms with van der Waals surface area (Å²) in [5, 5.41) is 0. The maximum atomic E-state index is 13.2. The molecule has 2 saturated heterocycles. The number of rotatable bonds is 6. The Morgan fingerprint density at radius 2 is 0.782 bits per heavy atom. The second kappa shape index (κ2) is 14.9. The van der Waals surface area contributed by atoms with Crippen LogP contribution in [0.3, 0.4) is 0 Å². The van der Waals surface area contributed by atoms with E-state index in [0.29, 0.717) is 25.9 Å². The van der Waals surface area contributed by atoms with Crippen molar-refractivity contribution in [3.05, 3.63) is 101 Å². The number of hydrogen-bond donors (Lipinski definition) is 0. The largest absolute Gasteiger partial charge is 0.312 e. The van der Waals surface area contributed by atoms with Crippen molar-refractivity contribution in [1.82, 2.24) is 0 Å². The van der Waals surface area contributed by atoms with Gasteiger partial charge >= 0.3 is 0 Å². The quantitative estimate of drug-likeness (QED) is 0.198. The van der Waals surface area contributed by atoms with Gasteiger partial charge in [-0.05, 0) is 135 Å². The predicted octanol–water partition coefficient (Wildman–Crippen LogP) is 13.0. The third-order valence-corrected chi connectivity index (χ3v) is 11.4. The summed E-state index contributed by atoms with van der Waals surface area (Å²) in [6.07, 6.45) is 4.95. The molecule has 0 aromatic heterocycles. The van der Waals surface area contributed by atoms with Gasteiger partial charge in [-0.25, -0.2) is 0 Å². The van der Waals surface area contributed by atoms with E-state index in [1.165, 1.54) is 22.3 Å². The molecule has 0 spiro atoms. The van der Waals surface area contributed by atoms with Crippen LogP contribution in [0.4, 0.5) is 28.4 Å². The molecule has 4 aromatic rings. The highest BCUT2D eigenvalue weighted by molar-refractivity contribution is 5.99. The summed E-state index contributed by atoms with van der Waals surface area (Å²) in [5.41, 5.74) is 12.3. The molecular weight excluding hydrogens is 675 g/mol. The summed E-state index contributed by atoms with van der Waals surface area (Å²) in [5.74, 6) is 0.314. The highest BCUT2D eigenvalue weighted by Gasteiger charge is 2.28. The Balaban J connectivity index is 1.54. The van der Waals surface area contributed by atoms with Gasteiger partial charge in [0.1, 0.15) is 0 Å². The molecule has 2 fully saturated rings. The van der Waals surface area contributed by atoms with Gasteiger partial charge in [0.2, 0.25) is 11.8 Å². The molecule has 292 valence electrons. The zero-order chi connectivity index (χ0) is 40.1. The number of benzene rings is 4. The predicted molar refractivity (Wildman–Crippen MR) is 234 cm³/mol. The highest BCUT2D eigenvalue weighted by atomic mass is 16.2. The fraction of sp³-hybridized carbons (Fsp3) is 0.480. The van der Waals surface area contributed by atoms with Crippen LogP contribution in [0.15, 0.2) is 78.9 Å². The summed E-state index contributed by atoms with van der Waals surface area (Å²) in [6, 6.07) is 29.5. The molecule has 2 aliphatic heterocycles. The Morgan fingerprint density at radius 1 is 0.418 bits per heavy atom. The van der Waals surface area contributed by atoms with E-state index >= 15 is 0 Å². The van der Waals surface area contributed by atoms with Crippen LogP contribution in [0.5, 0.6) is 0 Å². The normalized spacial score (nSPS) is 16.1. The lowest BCUT2D eigenvalue weighted by Crippen LogP contribution is -2.37. The second-order valence-electron chi connectivity index (χ2n) is 20.2. The van der Waals surface area contributed by atoms with Crippen molar-refractivity contribution in [2.75, 3.05) is 27.8 Å². The van der Waals surface area contributed by atoms with Gasteiger partial charge in [0.15, 0.2) is 0 Å². The van der Waals surface area contributed by atoms with Crippen molar-refractivity contribution in [1.29, 1.82) is 0 Å². The molecule has 0 unspecified atom stereocenters. The molecular formula is C50H65N3O2. The van der Waals surface area contributed by atoms with Gasteiger partial charge in [-0.2, -0.15) is 0 Å². The Hall–Kier alpha value is -4.38. The molecule has 55 heavy (non-hydrogen) atoms. The molecule has 0 aliphatic carbocycles. The molecule has 0 atom stereocenters. The molecule has 0 bridgehead atoms. The van der Waals surface area contributed by atoms with E-state index in [0.717, 1.165) is 65.2 Å². The van der Waals surface area contributed by atoms with E-state index < -0.39 is 0 Å². The van der Waals surface area contributed by atoms with E-state index in [1.807, 2.05) is 9.80 Å². The fourth-order valence-electron chi connectivity index (χ4n) is 7.69. The number of amides is 2. The van der Waals surface area contributed by atoms with E-state index in [9.17, 15) is 9.59 Å². The topological polar surface area (TPSA) is 43.9 Å². The van der Waals surface area contributed by atoms with Gasteiger partial charge in [-0.15, -0.1) is 0 Å². The van der Waals surface area contributed by atoms with Crippen molar-refractivity contribution in [3.8, 4) is 11.1 Å². The van der Waals surface area contributed by atoms with Gasteiger partial charge in [0.05, 0.1) is 0 Å². The molecule has 2 heterocycles. The molecule has 5 heteroatoms. The molecule has 2 amide bonds. The van der Waals surface area contributed by atoms with Gasteiger partial charge in [-0.1, -0.05) is 107 Å². The molecule has 2 aliphatic rings. The minimum absolute atomic E-state index is 0.0381. The number of piperidine rings is 2. The van der Waals surface area contributed by atoms with E-state index in [2.05, 4.69) is 167 Å². The van der Waals surface area contributed by atoms with Crippen LogP contribution in [0.25, 0.3) is 11.1 Å². The van der Waals surface area contributed by atoms with Crippen molar-refractivity contribution < 1.29 is 9.59 Å². The van der Waals surface area contributed by atoms with E-state index in [1.54, 1.807) is 0 Å². The van der Waals surface area contributed by atoms with Crippen LogP contribution in [-0.2, 0) is 31.2 Å². The number of hydrogen-bond acceptors (Lipinski definition) is 3. The van der Waals surface area contributed by atoms with Crippen molar-refractivity contribution in [2.24, 2.45) is 0 Å². The van der Waals surface area contributed by atoms with Gasteiger partial charge < -0.3 is 14.7 Å². The zero-order valence-corrected chi connectivity index (χ0v) is 35.8. The molecule has 4 aromatic carbocycles. The zero-order valence-electron chi connectivity index (χ0n) is 35.8. The molecule has 6 rings (SSSR count). The van der Waals surface area contributed by atoms with Gasteiger partial charge in [0, 0.05) is 54.4 Å². The van der Waals surface area contributed by atoms with Gasteiger partial charge in [-0.3, -0.25) is 9.59 Å². The number of carbonyl (C=O) groups is 2. The first-order valence-corrected chi connectivity index (χ1v) is 20.6. The second-order valence-corrected chi connectivity index (χ2v) is 20.2. The Labute approximate surface area is 332 Å². The fourth-order valence-corrected chi connectivity index (χ4v) is 7.69. The number of carbonyl (C=O) groups excluding carboxylic acids is 2. The SMILES string of the molecule is CC(C)(C)c1cc(N(c2ccc(-c3cc(N4CCCCC4=O)cc(N4CCCCC4=O)c3)cc2)c2cc(C(C)(C)C)cc(C(C)(C)C)c2)cc(C(C)(C)C)c1. The van der Waals surface area contributed by atoms with Gasteiger partial charge in [0.25, 0.3) is 0 Å². The number of nitrogens with zero attached hydrogens (tertiary/aromatic N) is 3. The lowest BCUT2D eigenvalue weighted by atomic mass is 9.79. The number of anilines is 5. The Kier molecular flexibility index (Phi) is 10.9. The van der Waals surface area contributed by atoms with Crippen LogP contribution in [-0.4, -0.2) is 24.9 Å². The van der Waals surface area contributed by atoms with E-state index in [4.69, 9.17) is 0 Å². The minimum atomic E-state index is -0.0381. The van der Waals surface area contributed by atoms with Crippen molar-refractivity contribution >= 4 is 40.3 Å². The molecule has 5 nitrogen and oxygen atoms in total. The van der Waals surface area contributed by atoms with Crippen LogP contribution < -0.4 is 14.7 Å². The standard InChI is InChI=1S/C50H65N3O2/c1-47(2,3)36-27-37(48(4,5)6)30-43(29-36)53(44-31-38(49(7,8)9)28-39(32-44)50(10,11)12)40-21-19-34(20-22-40)35-25-41(51-23-15-13-17-45(51)54)33-42(26-35)52-24-16-14-18-46(52)55/h19-22,25-33H,13-18,23-24H2,1-12H3. The summed E-state index contributed by atoms with van der Waals surface area (Å²) in [6.45, 7) is 29.0. The lowest BCUT2D eigenvalue weighted by molar-refractivity contribution is -0.120. The minimum Gasteiger partial charge on any atom is -0.312 e. The first-order valence-electron chi connectivity index (χ1n) is 20.6. The summed E-state index contributed by atoms with van der Waals surface area (Å²) in [7, 11) is 0. The van der Waals surface area contributed by atoms with Crippen molar-refractivity contribution in [3.63, 3.8) is 0 Å². The molecule has 0 N–H and O–H groups in total. The third kappa shape index (κ3) is 9.03. The molecule has 0 radical (unpaired) electrons. The third-order valence-electron chi connectivity index (χ3n) is 11.4. The Morgan fingerprint density at radius 3 is 1.11 bits per heavy atom. The average Bonchev–Trinajstić information content (AvgIpc) is 3.10. The smallest absolute Gasteiger partial charge is 0.226 e. The highest BCUT2D eigenvalue weighted by Crippen LogP contribution is 2.44. The lowest BCUT2D eigenvalue weighted by Gasteiger charge is -2.33. The van der Waals surface area contributed by atoms with Crippen molar-refractivity contribution in [2.45, 2.75) is 143 Å². The Bertz CT molecular complexity index is 1860. The summed E-state index contributed by atoms with van der Waals surface area (Å²) >= 11 is 0. The van der Waals surface area contributed by atoms with Crippen LogP contribution >= 0.6 is 0 Å². The maximum Gasteiger partial charge on any atom is 0.226 e. The van der Waals surface area contributed by atoms with Crippen LogP contribution in [0.1, 0.15) is 144 Å². The monoisotopic (exact) mass is 740 g/mol. The summed E-state index contributed by atoms with van der Waals surface area (Å²) < 4.78 is 0. The summed E-state index contributed by atoms with van der Waals surface area (Å²) in [4.78, 5) is 32.6. The first kappa shape index (κ1) is 40.3. The maximum absolute atomic E-state index is 13.2. The van der Waals surface area contributed by atoms with Crippen LogP contribution in [0.2, 0.25) is 0 Å². The molecule has 0 saturated carbocycles. The first-order chi connectivity index (χ1) is 25.6.